The lowest BCUT2D eigenvalue weighted by atomic mass is 10.2. The lowest BCUT2D eigenvalue weighted by molar-refractivity contribution is -0.133. The number of likely N-dealkylation sites (N-methyl/N-ethyl adjacent to an activating group) is 1. The molecule has 1 amide bonds. The van der Waals surface area contributed by atoms with Crippen molar-refractivity contribution >= 4 is 11.9 Å². The molecule has 6 heteroatoms. The molecule has 0 aromatic heterocycles. The maximum absolute atomic E-state index is 12.4. The van der Waals surface area contributed by atoms with Gasteiger partial charge in [-0.2, -0.15) is 0 Å². The van der Waals surface area contributed by atoms with Crippen LogP contribution in [0.5, 0.6) is 11.5 Å². The molecule has 3 aromatic rings. The quantitative estimate of drug-likeness (QED) is 0.489. The monoisotopic (exact) mass is 419 g/mol. The first-order valence-electron chi connectivity index (χ1n) is 9.86. The van der Waals surface area contributed by atoms with E-state index in [1.165, 1.54) is 12.0 Å². The lowest BCUT2D eigenvalue weighted by Crippen LogP contribution is -2.30. The van der Waals surface area contributed by atoms with Crippen LogP contribution >= 0.6 is 0 Å². The van der Waals surface area contributed by atoms with Crippen molar-refractivity contribution < 1.29 is 23.8 Å². The fraction of sp³-hybridized carbons (Fsp3) is 0.200. The average Bonchev–Trinajstić information content (AvgIpc) is 2.82. The number of benzene rings is 3. The number of esters is 1. The third-order valence-corrected chi connectivity index (χ3v) is 4.65. The van der Waals surface area contributed by atoms with Crippen LogP contribution in [-0.2, 0) is 22.7 Å². The van der Waals surface area contributed by atoms with Gasteiger partial charge in [0.1, 0.15) is 6.61 Å². The summed E-state index contributed by atoms with van der Waals surface area (Å²) in [5.74, 6) is 0.0424. The highest BCUT2D eigenvalue weighted by Crippen LogP contribution is 2.29. The van der Waals surface area contributed by atoms with Crippen molar-refractivity contribution in [1.82, 2.24) is 4.90 Å². The van der Waals surface area contributed by atoms with Gasteiger partial charge in [-0.05, 0) is 29.3 Å². The summed E-state index contributed by atoms with van der Waals surface area (Å²) < 4.78 is 16.3. The number of hydrogen-bond donors (Lipinski definition) is 0. The van der Waals surface area contributed by atoms with Crippen molar-refractivity contribution in [2.75, 3.05) is 20.8 Å². The van der Waals surface area contributed by atoms with E-state index >= 15 is 0 Å². The second-order valence-corrected chi connectivity index (χ2v) is 6.95. The molecule has 0 atom stereocenters. The smallest absolute Gasteiger partial charge is 0.338 e. The van der Waals surface area contributed by atoms with Gasteiger partial charge in [0.25, 0.3) is 5.91 Å². The maximum atomic E-state index is 12.4. The van der Waals surface area contributed by atoms with Gasteiger partial charge in [-0.1, -0.05) is 60.7 Å². The van der Waals surface area contributed by atoms with Gasteiger partial charge in [0.15, 0.2) is 18.1 Å². The molecule has 0 bridgehead atoms. The van der Waals surface area contributed by atoms with Crippen molar-refractivity contribution in [2.24, 2.45) is 0 Å². The van der Waals surface area contributed by atoms with Gasteiger partial charge in [-0.25, -0.2) is 4.79 Å². The Bertz CT molecular complexity index is 1000. The molecule has 31 heavy (non-hydrogen) atoms. The molecule has 3 rings (SSSR count). The minimum absolute atomic E-state index is 0.280. The fourth-order valence-corrected chi connectivity index (χ4v) is 2.92. The molecule has 0 heterocycles. The highest BCUT2D eigenvalue weighted by atomic mass is 16.5. The number of methoxy groups -OCH3 is 1. The Hall–Kier alpha value is -3.80. The Labute approximate surface area is 182 Å². The highest BCUT2D eigenvalue weighted by Gasteiger charge is 2.16. The zero-order chi connectivity index (χ0) is 22.1. The van der Waals surface area contributed by atoms with E-state index in [1.54, 1.807) is 25.2 Å². The van der Waals surface area contributed by atoms with Crippen molar-refractivity contribution in [3.05, 3.63) is 95.6 Å². The van der Waals surface area contributed by atoms with Gasteiger partial charge in [0.05, 0.1) is 12.7 Å². The molecular formula is C25H25NO5. The number of hydrogen-bond acceptors (Lipinski definition) is 5. The molecule has 0 aliphatic rings. The Kier molecular flexibility index (Phi) is 7.65. The first kappa shape index (κ1) is 21.9. The van der Waals surface area contributed by atoms with Crippen molar-refractivity contribution in [2.45, 2.75) is 13.2 Å². The van der Waals surface area contributed by atoms with Gasteiger partial charge >= 0.3 is 5.97 Å². The predicted octanol–water partition coefficient (Wildman–Crippen LogP) is 4.09. The number of rotatable bonds is 9. The summed E-state index contributed by atoms with van der Waals surface area (Å²) in [4.78, 5) is 26.2. The molecule has 6 nitrogen and oxygen atoms in total. The standard InChI is InChI=1S/C25H25NO5/c1-26(16-19-9-5-3-6-10-19)24(27)18-31-25(28)21-13-14-22(23(15-21)29-2)30-17-20-11-7-4-8-12-20/h3-15H,16-18H2,1-2H3. The highest BCUT2D eigenvalue weighted by molar-refractivity contribution is 5.92. The van der Waals surface area contributed by atoms with E-state index in [9.17, 15) is 9.59 Å². The van der Waals surface area contributed by atoms with Crippen LogP contribution in [0.15, 0.2) is 78.9 Å². The molecule has 0 aliphatic heterocycles. The Balaban J connectivity index is 1.55. The van der Waals surface area contributed by atoms with E-state index in [2.05, 4.69) is 0 Å². The first-order valence-corrected chi connectivity index (χ1v) is 9.86. The third kappa shape index (κ3) is 6.34. The van der Waals surface area contributed by atoms with Crippen molar-refractivity contribution in [1.29, 1.82) is 0 Å². The van der Waals surface area contributed by atoms with E-state index in [0.717, 1.165) is 11.1 Å². The molecule has 0 N–H and O–H groups in total. The van der Waals surface area contributed by atoms with E-state index in [-0.39, 0.29) is 18.1 Å². The van der Waals surface area contributed by atoms with Crippen LogP contribution in [-0.4, -0.2) is 37.5 Å². The molecule has 0 saturated heterocycles. The zero-order valence-corrected chi connectivity index (χ0v) is 17.6. The van der Waals surface area contributed by atoms with Crippen LogP contribution in [0.3, 0.4) is 0 Å². The summed E-state index contributed by atoms with van der Waals surface area (Å²) in [5, 5.41) is 0. The summed E-state index contributed by atoms with van der Waals surface area (Å²) in [5.41, 5.74) is 2.30. The topological polar surface area (TPSA) is 65.1 Å². The lowest BCUT2D eigenvalue weighted by Gasteiger charge is -2.17. The predicted molar refractivity (Wildman–Crippen MR) is 117 cm³/mol. The molecule has 0 fully saturated rings. The molecular weight excluding hydrogens is 394 g/mol. The van der Waals surface area contributed by atoms with Gasteiger partial charge in [0.2, 0.25) is 0 Å². The first-order chi connectivity index (χ1) is 15.1. The molecule has 0 aliphatic carbocycles. The largest absolute Gasteiger partial charge is 0.493 e. The van der Waals surface area contributed by atoms with Gasteiger partial charge in [-0.15, -0.1) is 0 Å². The summed E-state index contributed by atoms with van der Waals surface area (Å²) >= 11 is 0. The van der Waals surface area contributed by atoms with Crippen LogP contribution in [0.1, 0.15) is 21.5 Å². The van der Waals surface area contributed by atoms with Crippen LogP contribution in [0.25, 0.3) is 0 Å². The summed E-state index contributed by atoms with van der Waals surface area (Å²) in [7, 11) is 3.17. The molecule has 0 spiro atoms. The fourth-order valence-electron chi connectivity index (χ4n) is 2.92. The van der Waals surface area contributed by atoms with E-state index in [1.807, 2.05) is 60.7 Å². The van der Waals surface area contributed by atoms with Crippen LogP contribution < -0.4 is 9.47 Å². The summed E-state index contributed by atoms with van der Waals surface area (Å²) in [6, 6.07) is 24.1. The normalized spacial score (nSPS) is 10.3. The second-order valence-electron chi connectivity index (χ2n) is 6.95. The van der Waals surface area contributed by atoms with E-state index < -0.39 is 5.97 Å². The molecule has 0 saturated carbocycles. The Morgan fingerprint density at radius 3 is 2.13 bits per heavy atom. The minimum atomic E-state index is -0.602. The molecule has 3 aromatic carbocycles. The summed E-state index contributed by atoms with van der Waals surface area (Å²) in [6.45, 7) is 0.485. The number of amides is 1. The molecule has 0 radical (unpaired) electrons. The SMILES string of the molecule is COc1cc(C(=O)OCC(=O)N(C)Cc2ccccc2)ccc1OCc1ccccc1. The zero-order valence-electron chi connectivity index (χ0n) is 17.6. The van der Waals surface area contributed by atoms with Crippen LogP contribution in [0.2, 0.25) is 0 Å². The second kappa shape index (κ2) is 10.8. The number of carbonyl (C=O) groups excluding carboxylic acids is 2. The maximum Gasteiger partial charge on any atom is 0.338 e. The molecule has 160 valence electrons. The van der Waals surface area contributed by atoms with Crippen molar-refractivity contribution in [3.63, 3.8) is 0 Å². The van der Waals surface area contributed by atoms with E-state index in [4.69, 9.17) is 14.2 Å². The third-order valence-electron chi connectivity index (χ3n) is 4.65. The van der Waals surface area contributed by atoms with Gasteiger partial charge < -0.3 is 19.1 Å². The average molecular weight is 419 g/mol. The number of carbonyl (C=O) groups is 2. The molecule has 0 unspecified atom stereocenters. The van der Waals surface area contributed by atoms with Gasteiger partial charge in [-0.3, -0.25) is 4.79 Å². The van der Waals surface area contributed by atoms with Crippen LogP contribution in [0.4, 0.5) is 0 Å². The Morgan fingerprint density at radius 1 is 0.839 bits per heavy atom. The summed E-state index contributed by atoms with van der Waals surface area (Å²) in [6.07, 6.45) is 0. The Morgan fingerprint density at radius 2 is 1.48 bits per heavy atom. The van der Waals surface area contributed by atoms with Gasteiger partial charge in [0, 0.05) is 13.6 Å². The number of ether oxygens (including phenoxy) is 3. The van der Waals surface area contributed by atoms with Crippen molar-refractivity contribution in [3.8, 4) is 11.5 Å². The van der Waals surface area contributed by atoms with Crippen LogP contribution in [0, 0.1) is 0 Å². The van der Waals surface area contributed by atoms with E-state index in [0.29, 0.717) is 24.7 Å². The number of nitrogens with zero attached hydrogens (tertiary/aromatic N) is 1. The minimum Gasteiger partial charge on any atom is -0.493 e.